The van der Waals surface area contributed by atoms with Gasteiger partial charge in [0.2, 0.25) is 0 Å². The first-order valence-corrected chi connectivity index (χ1v) is 6.89. The van der Waals surface area contributed by atoms with Crippen molar-refractivity contribution in [1.82, 2.24) is 4.98 Å². The van der Waals surface area contributed by atoms with E-state index in [2.05, 4.69) is 4.98 Å². The van der Waals surface area contributed by atoms with E-state index in [-0.39, 0.29) is 10.5 Å². The zero-order valence-corrected chi connectivity index (χ0v) is 11.7. The summed E-state index contributed by atoms with van der Waals surface area (Å²) in [5, 5.41) is 0.724. The molecule has 6 heteroatoms. The molecule has 1 aromatic carbocycles. The van der Waals surface area contributed by atoms with Gasteiger partial charge in [-0.15, -0.1) is 11.3 Å². The van der Waals surface area contributed by atoms with Crippen LogP contribution < -0.4 is 0 Å². The molecule has 0 radical (unpaired) electrons. The van der Waals surface area contributed by atoms with Crippen molar-refractivity contribution in [2.45, 2.75) is 0 Å². The first-order valence-electron chi connectivity index (χ1n) is 5.31. The number of halogens is 3. The molecule has 0 saturated carbocycles. The van der Waals surface area contributed by atoms with Gasteiger partial charge in [0.15, 0.2) is 6.29 Å². The molecule has 0 unspecified atom stereocenters. The highest BCUT2D eigenvalue weighted by atomic mass is 35.5. The van der Waals surface area contributed by atoms with Gasteiger partial charge in [0.05, 0.1) is 20.4 Å². The van der Waals surface area contributed by atoms with Gasteiger partial charge in [-0.2, -0.15) is 0 Å². The fraction of sp³-hybridized carbons (Fsp3) is 0. The lowest BCUT2D eigenvalue weighted by atomic mass is 10.1. The predicted octanol–water partition coefficient (Wildman–Crippen LogP) is 5.15. The number of aldehydes is 1. The Bertz CT molecular complexity index is 793. The zero-order valence-electron chi connectivity index (χ0n) is 9.34. The molecule has 3 rings (SSSR count). The van der Waals surface area contributed by atoms with Crippen LogP contribution in [0.25, 0.3) is 21.5 Å². The molecule has 2 aromatic heterocycles. The maximum absolute atomic E-state index is 13.8. The molecule has 0 aliphatic heterocycles. The van der Waals surface area contributed by atoms with Gasteiger partial charge in [0.25, 0.3) is 0 Å². The summed E-state index contributed by atoms with van der Waals surface area (Å²) in [7, 11) is 0. The Balaban J connectivity index is 2.37. The third-order valence-corrected chi connectivity index (χ3v) is 4.27. The second-order valence-electron chi connectivity index (χ2n) is 3.95. The summed E-state index contributed by atoms with van der Waals surface area (Å²) in [4.78, 5) is 15.0. The normalized spacial score (nSPS) is 11.1. The number of aromatic nitrogens is 1. The van der Waals surface area contributed by atoms with E-state index in [1.54, 1.807) is 18.2 Å². The van der Waals surface area contributed by atoms with E-state index < -0.39 is 5.82 Å². The Morgan fingerprint density at radius 1 is 1.26 bits per heavy atom. The van der Waals surface area contributed by atoms with E-state index in [1.807, 2.05) is 0 Å². The van der Waals surface area contributed by atoms with E-state index >= 15 is 0 Å². The number of fused-ring (bicyclic) bond motifs is 1. The van der Waals surface area contributed by atoms with Crippen LogP contribution in [0, 0.1) is 5.82 Å². The molecule has 2 nitrogen and oxygen atoms in total. The summed E-state index contributed by atoms with van der Waals surface area (Å²) in [5.41, 5.74) is 1.21. The van der Waals surface area contributed by atoms with Gasteiger partial charge in [-0.05, 0) is 24.3 Å². The Morgan fingerprint density at radius 3 is 2.68 bits per heavy atom. The maximum atomic E-state index is 13.8. The van der Waals surface area contributed by atoms with Crippen LogP contribution in [0.2, 0.25) is 9.36 Å². The first kappa shape index (κ1) is 12.7. The molecule has 96 valence electrons. The number of H-pyrrole nitrogens is 1. The minimum Gasteiger partial charge on any atom is -0.351 e. The second-order valence-corrected chi connectivity index (χ2v) is 6.10. The molecule has 0 atom stereocenters. The van der Waals surface area contributed by atoms with Crippen LogP contribution in [0.5, 0.6) is 0 Å². The molecule has 2 heterocycles. The fourth-order valence-corrected chi connectivity index (χ4v) is 3.27. The number of nitrogens with one attached hydrogen (secondary N) is 1. The smallest absolute Gasteiger partial charge is 0.152 e. The highest BCUT2D eigenvalue weighted by Gasteiger charge is 2.17. The van der Waals surface area contributed by atoms with Crippen molar-refractivity contribution in [1.29, 1.82) is 0 Å². The number of aromatic amines is 1. The Labute approximate surface area is 121 Å². The maximum Gasteiger partial charge on any atom is 0.152 e. The highest BCUT2D eigenvalue weighted by Crippen LogP contribution is 2.36. The lowest BCUT2D eigenvalue weighted by Crippen LogP contribution is -1.81. The second kappa shape index (κ2) is 4.63. The minimum atomic E-state index is -0.487. The molecular weight excluding hydrogens is 308 g/mol. The number of rotatable bonds is 2. The van der Waals surface area contributed by atoms with Crippen molar-refractivity contribution in [3.63, 3.8) is 0 Å². The molecule has 0 saturated heterocycles. The number of hydrogen-bond acceptors (Lipinski definition) is 2. The van der Waals surface area contributed by atoms with Crippen LogP contribution in [0.1, 0.15) is 10.4 Å². The SMILES string of the molecule is O=Cc1c(-c2ccc(Cl)s2)[nH]c2c(F)cc(Cl)cc12. The zero-order chi connectivity index (χ0) is 13.6. The summed E-state index contributed by atoms with van der Waals surface area (Å²) in [6.45, 7) is 0. The average Bonchev–Trinajstić information content (AvgIpc) is 2.92. The van der Waals surface area contributed by atoms with E-state index in [9.17, 15) is 9.18 Å². The quantitative estimate of drug-likeness (QED) is 0.652. The molecular formula is C13H6Cl2FNOS. The standard InChI is InChI=1S/C13H6Cl2FNOS/c14-6-3-7-8(5-18)13(10-1-2-11(15)19-10)17-12(7)9(16)4-6/h1-5,17H. The van der Waals surface area contributed by atoms with E-state index in [0.717, 1.165) is 4.88 Å². The van der Waals surface area contributed by atoms with Crippen LogP contribution in [0.4, 0.5) is 4.39 Å². The van der Waals surface area contributed by atoms with Crippen LogP contribution in [0.15, 0.2) is 24.3 Å². The van der Waals surface area contributed by atoms with Crippen molar-refractivity contribution >= 4 is 51.7 Å². The van der Waals surface area contributed by atoms with E-state index in [0.29, 0.717) is 27.3 Å². The van der Waals surface area contributed by atoms with E-state index in [4.69, 9.17) is 23.2 Å². The number of carbonyl (C=O) groups excluding carboxylic acids is 1. The minimum absolute atomic E-state index is 0.253. The van der Waals surface area contributed by atoms with Gasteiger partial charge in [0, 0.05) is 16.0 Å². The molecule has 3 aromatic rings. The van der Waals surface area contributed by atoms with Gasteiger partial charge in [-0.3, -0.25) is 4.79 Å². The summed E-state index contributed by atoms with van der Waals surface area (Å²) < 4.78 is 14.4. The van der Waals surface area contributed by atoms with Gasteiger partial charge >= 0.3 is 0 Å². The topological polar surface area (TPSA) is 32.9 Å². The van der Waals surface area contributed by atoms with Crippen LogP contribution in [0.3, 0.4) is 0 Å². The van der Waals surface area contributed by atoms with Crippen molar-refractivity contribution in [3.8, 4) is 10.6 Å². The van der Waals surface area contributed by atoms with Crippen LogP contribution in [-0.2, 0) is 0 Å². The van der Waals surface area contributed by atoms with Crippen LogP contribution in [-0.4, -0.2) is 11.3 Å². The lowest BCUT2D eigenvalue weighted by molar-refractivity contribution is 0.112. The predicted molar refractivity (Wildman–Crippen MR) is 77.0 cm³/mol. The number of benzene rings is 1. The van der Waals surface area contributed by atoms with Crippen LogP contribution >= 0.6 is 34.5 Å². The van der Waals surface area contributed by atoms with Gasteiger partial charge in [-0.25, -0.2) is 4.39 Å². The molecule has 1 N–H and O–H groups in total. The number of carbonyl (C=O) groups is 1. The summed E-state index contributed by atoms with van der Waals surface area (Å²) in [6.07, 6.45) is 0.692. The van der Waals surface area contributed by atoms with Crippen molar-refractivity contribution < 1.29 is 9.18 Å². The Hall–Kier alpha value is -1.36. The van der Waals surface area contributed by atoms with Gasteiger partial charge in [0.1, 0.15) is 5.82 Å². The molecule has 0 aliphatic carbocycles. The highest BCUT2D eigenvalue weighted by molar-refractivity contribution is 7.19. The lowest BCUT2D eigenvalue weighted by Gasteiger charge is -1.94. The summed E-state index contributed by atoms with van der Waals surface area (Å²) in [5.74, 6) is -0.487. The molecule has 0 bridgehead atoms. The monoisotopic (exact) mass is 313 g/mol. The molecule has 0 aliphatic rings. The summed E-state index contributed by atoms with van der Waals surface area (Å²) >= 11 is 13.0. The number of thiophene rings is 1. The molecule has 0 spiro atoms. The first-order chi connectivity index (χ1) is 9.10. The third-order valence-electron chi connectivity index (χ3n) is 2.80. The van der Waals surface area contributed by atoms with Crippen molar-refractivity contribution in [3.05, 3.63) is 45.0 Å². The van der Waals surface area contributed by atoms with Crippen molar-refractivity contribution in [2.75, 3.05) is 0 Å². The Kier molecular flexibility index (Phi) is 3.09. The molecule has 0 amide bonds. The number of hydrogen-bond donors (Lipinski definition) is 1. The van der Waals surface area contributed by atoms with Gasteiger partial charge in [-0.1, -0.05) is 23.2 Å². The van der Waals surface area contributed by atoms with E-state index in [1.165, 1.54) is 17.4 Å². The van der Waals surface area contributed by atoms with Gasteiger partial charge < -0.3 is 4.98 Å². The molecule has 19 heavy (non-hydrogen) atoms. The summed E-state index contributed by atoms with van der Waals surface area (Å²) in [6, 6.07) is 6.29. The molecule has 0 fully saturated rings. The fourth-order valence-electron chi connectivity index (χ4n) is 2.01. The Morgan fingerprint density at radius 2 is 2.05 bits per heavy atom. The average molecular weight is 314 g/mol. The largest absolute Gasteiger partial charge is 0.351 e. The third kappa shape index (κ3) is 2.06. The van der Waals surface area contributed by atoms with Crippen molar-refractivity contribution in [2.24, 2.45) is 0 Å².